The number of fused-ring (bicyclic) bond motifs is 1. The van der Waals surface area contributed by atoms with Crippen LogP contribution in [0.25, 0.3) is 0 Å². The highest BCUT2D eigenvalue weighted by Crippen LogP contribution is 2.29. The highest BCUT2D eigenvalue weighted by molar-refractivity contribution is 5.71. The maximum atomic E-state index is 3.49. The summed E-state index contributed by atoms with van der Waals surface area (Å²) in [7, 11) is 2.29. The molecule has 0 aliphatic carbocycles. The van der Waals surface area contributed by atoms with Crippen LogP contribution in [0.1, 0.15) is 25.7 Å². The predicted molar refractivity (Wildman–Crippen MR) is 82.0 cm³/mol. The standard InChI is InChI=1S/C16H25N3/c1-18-11-5-4-6-14(18)9-12-19-13-10-17-15-7-2-3-8-16(15)19/h2-3,7-8,14,17H,4-6,9-13H2,1H3. The van der Waals surface area contributed by atoms with Crippen LogP contribution >= 0.6 is 0 Å². The fourth-order valence-electron chi connectivity index (χ4n) is 3.39. The summed E-state index contributed by atoms with van der Waals surface area (Å²) in [5.41, 5.74) is 2.68. The fraction of sp³-hybridized carbons (Fsp3) is 0.625. The van der Waals surface area contributed by atoms with Gasteiger partial charge in [-0.2, -0.15) is 0 Å². The van der Waals surface area contributed by atoms with Gasteiger partial charge in [-0.15, -0.1) is 0 Å². The number of piperidine rings is 1. The number of likely N-dealkylation sites (tertiary alicyclic amines) is 1. The van der Waals surface area contributed by atoms with Gasteiger partial charge in [0.2, 0.25) is 0 Å². The lowest BCUT2D eigenvalue weighted by Gasteiger charge is -2.36. The molecule has 0 amide bonds. The summed E-state index contributed by atoms with van der Waals surface area (Å²) < 4.78 is 0. The van der Waals surface area contributed by atoms with Crippen molar-refractivity contribution in [1.82, 2.24) is 4.90 Å². The first-order chi connectivity index (χ1) is 9.34. The lowest BCUT2D eigenvalue weighted by Crippen LogP contribution is -2.41. The highest BCUT2D eigenvalue weighted by Gasteiger charge is 2.21. The van der Waals surface area contributed by atoms with Gasteiger partial charge in [-0.1, -0.05) is 18.6 Å². The van der Waals surface area contributed by atoms with Crippen molar-refractivity contribution in [2.45, 2.75) is 31.7 Å². The van der Waals surface area contributed by atoms with E-state index in [9.17, 15) is 0 Å². The van der Waals surface area contributed by atoms with Crippen LogP contribution in [0, 0.1) is 0 Å². The fourth-order valence-corrected chi connectivity index (χ4v) is 3.39. The van der Waals surface area contributed by atoms with E-state index in [0.717, 1.165) is 19.1 Å². The maximum Gasteiger partial charge on any atom is 0.0602 e. The number of rotatable bonds is 3. The zero-order valence-corrected chi connectivity index (χ0v) is 11.9. The van der Waals surface area contributed by atoms with Gasteiger partial charge in [-0.25, -0.2) is 0 Å². The van der Waals surface area contributed by atoms with Gasteiger partial charge in [-0.05, 0) is 45.0 Å². The number of para-hydroxylation sites is 2. The second-order valence-corrected chi connectivity index (χ2v) is 5.85. The van der Waals surface area contributed by atoms with Gasteiger partial charge in [0.25, 0.3) is 0 Å². The van der Waals surface area contributed by atoms with Gasteiger partial charge >= 0.3 is 0 Å². The monoisotopic (exact) mass is 259 g/mol. The molecule has 3 heteroatoms. The van der Waals surface area contributed by atoms with Crippen molar-refractivity contribution in [2.24, 2.45) is 0 Å². The quantitative estimate of drug-likeness (QED) is 0.900. The molecule has 1 unspecified atom stereocenters. The molecule has 0 saturated carbocycles. The molecule has 3 rings (SSSR count). The molecule has 1 atom stereocenters. The van der Waals surface area contributed by atoms with Crippen molar-refractivity contribution in [3.63, 3.8) is 0 Å². The van der Waals surface area contributed by atoms with Crippen LogP contribution in [0.3, 0.4) is 0 Å². The van der Waals surface area contributed by atoms with Gasteiger partial charge in [0, 0.05) is 25.7 Å². The first-order valence-electron chi connectivity index (χ1n) is 7.63. The van der Waals surface area contributed by atoms with Gasteiger partial charge in [-0.3, -0.25) is 0 Å². The Morgan fingerprint density at radius 3 is 3.00 bits per heavy atom. The molecule has 1 aromatic rings. The summed E-state index contributed by atoms with van der Waals surface area (Å²) in [6.07, 6.45) is 5.46. The SMILES string of the molecule is CN1CCCCC1CCN1CCNc2ccccc21. The van der Waals surface area contributed by atoms with E-state index in [1.165, 1.54) is 50.1 Å². The van der Waals surface area contributed by atoms with Gasteiger partial charge in [0.05, 0.1) is 11.4 Å². The largest absolute Gasteiger partial charge is 0.382 e. The van der Waals surface area contributed by atoms with Gasteiger partial charge in [0.1, 0.15) is 0 Å². The van der Waals surface area contributed by atoms with Crippen molar-refractivity contribution < 1.29 is 0 Å². The third-order valence-electron chi connectivity index (χ3n) is 4.60. The molecular formula is C16H25N3. The van der Waals surface area contributed by atoms with E-state index >= 15 is 0 Å². The van der Waals surface area contributed by atoms with Gasteiger partial charge < -0.3 is 15.1 Å². The van der Waals surface area contributed by atoms with Crippen LogP contribution in [-0.2, 0) is 0 Å². The number of nitrogens with one attached hydrogen (secondary N) is 1. The van der Waals surface area contributed by atoms with Crippen molar-refractivity contribution in [1.29, 1.82) is 0 Å². The third kappa shape index (κ3) is 2.86. The number of hydrogen-bond acceptors (Lipinski definition) is 3. The van der Waals surface area contributed by atoms with Crippen molar-refractivity contribution in [3.05, 3.63) is 24.3 Å². The minimum Gasteiger partial charge on any atom is -0.382 e. The van der Waals surface area contributed by atoms with E-state index in [2.05, 4.69) is 46.4 Å². The molecular weight excluding hydrogens is 234 g/mol. The van der Waals surface area contributed by atoms with Crippen LogP contribution in [0.5, 0.6) is 0 Å². The number of hydrogen-bond donors (Lipinski definition) is 1. The molecule has 0 spiro atoms. The first-order valence-corrected chi connectivity index (χ1v) is 7.63. The van der Waals surface area contributed by atoms with Crippen LogP contribution in [0.2, 0.25) is 0 Å². The summed E-state index contributed by atoms with van der Waals surface area (Å²) in [5, 5.41) is 3.49. The Morgan fingerprint density at radius 2 is 2.11 bits per heavy atom. The highest BCUT2D eigenvalue weighted by atomic mass is 15.2. The van der Waals surface area contributed by atoms with Crippen molar-refractivity contribution in [2.75, 3.05) is 43.4 Å². The smallest absolute Gasteiger partial charge is 0.0602 e. The summed E-state index contributed by atoms with van der Waals surface area (Å²) >= 11 is 0. The molecule has 19 heavy (non-hydrogen) atoms. The van der Waals surface area contributed by atoms with Crippen LogP contribution in [-0.4, -0.2) is 44.2 Å². The Balaban J connectivity index is 1.61. The minimum atomic E-state index is 0.788. The Morgan fingerprint density at radius 1 is 1.21 bits per heavy atom. The molecule has 0 bridgehead atoms. The zero-order chi connectivity index (χ0) is 13.1. The zero-order valence-electron chi connectivity index (χ0n) is 11.9. The Kier molecular flexibility index (Phi) is 3.92. The second kappa shape index (κ2) is 5.83. The van der Waals surface area contributed by atoms with Gasteiger partial charge in [0.15, 0.2) is 0 Å². The van der Waals surface area contributed by atoms with Crippen molar-refractivity contribution in [3.8, 4) is 0 Å². The minimum absolute atomic E-state index is 0.788. The lowest BCUT2D eigenvalue weighted by molar-refractivity contribution is 0.177. The Hall–Kier alpha value is -1.22. The van der Waals surface area contributed by atoms with Crippen LogP contribution < -0.4 is 10.2 Å². The average Bonchev–Trinajstić information content (AvgIpc) is 2.46. The molecule has 2 aliphatic rings. The van der Waals surface area contributed by atoms with E-state index in [-0.39, 0.29) is 0 Å². The molecule has 3 nitrogen and oxygen atoms in total. The average molecular weight is 259 g/mol. The lowest BCUT2D eigenvalue weighted by atomic mass is 9.99. The molecule has 1 aromatic carbocycles. The summed E-state index contributed by atoms with van der Waals surface area (Å²) in [5.74, 6) is 0. The molecule has 2 heterocycles. The molecule has 2 aliphatic heterocycles. The number of benzene rings is 1. The van der Waals surface area contributed by atoms with Crippen LogP contribution in [0.15, 0.2) is 24.3 Å². The van der Waals surface area contributed by atoms with Crippen LogP contribution in [0.4, 0.5) is 11.4 Å². The first kappa shape index (κ1) is 12.8. The number of nitrogens with zero attached hydrogens (tertiary/aromatic N) is 2. The summed E-state index contributed by atoms with van der Waals surface area (Å²) in [6.45, 7) is 4.67. The van der Waals surface area contributed by atoms with E-state index in [4.69, 9.17) is 0 Å². The summed E-state index contributed by atoms with van der Waals surface area (Å²) in [6, 6.07) is 9.48. The molecule has 104 valence electrons. The molecule has 0 radical (unpaired) electrons. The Labute approximate surface area is 116 Å². The Bertz CT molecular complexity index is 418. The number of anilines is 2. The summed E-state index contributed by atoms with van der Waals surface area (Å²) in [4.78, 5) is 5.10. The molecule has 1 N–H and O–H groups in total. The molecule has 0 aromatic heterocycles. The van der Waals surface area contributed by atoms with E-state index in [1.807, 2.05) is 0 Å². The van der Waals surface area contributed by atoms with E-state index < -0.39 is 0 Å². The predicted octanol–water partition coefficient (Wildman–Crippen LogP) is 2.79. The molecule has 1 fully saturated rings. The topological polar surface area (TPSA) is 18.5 Å². The van der Waals surface area contributed by atoms with E-state index in [0.29, 0.717) is 0 Å². The maximum absolute atomic E-state index is 3.49. The second-order valence-electron chi connectivity index (χ2n) is 5.85. The third-order valence-corrected chi connectivity index (χ3v) is 4.60. The van der Waals surface area contributed by atoms with Crippen molar-refractivity contribution >= 4 is 11.4 Å². The normalized spacial score (nSPS) is 23.8. The molecule has 1 saturated heterocycles. The van der Waals surface area contributed by atoms with E-state index in [1.54, 1.807) is 0 Å².